The van der Waals surface area contributed by atoms with Gasteiger partial charge in [0.25, 0.3) is 11.8 Å². The standard InChI is InChI=1S/C19H16BrN3O4/c1-27-17(24)10-21-18(25)12-3-2-4-14(7-12)22-19(26)16-8-11-5-6-13(20)9-15(11)23-16/h2-9,23H,10H2,1H3,(H,21,25)(H,22,26). The molecule has 0 radical (unpaired) electrons. The van der Waals surface area contributed by atoms with E-state index in [1.165, 1.54) is 13.2 Å². The first-order valence-corrected chi connectivity index (χ1v) is 8.80. The topological polar surface area (TPSA) is 100 Å². The van der Waals surface area contributed by atoms with E-state index in [9.17, 15) is 14.4 Å². The van der Waals surface area contributed by atoms with Crippen LogP contribution in [0.15, 0.2) is 53.0 Å². The third-order valence-electron chi connectivity index (χ3n) is 3.83. The number of nitrogens with one attached hydrogen (secondary N) is 3. The van der Waals surface area contributed by atoms with Gasteiger partial charge in [-0.3, -0.25) is 14.4 Å². The molecule has 0 aliphatic carbocycles. The highest BCUT2D eigenvalue weighted by Crippen LogP contribution is 2.21. The van der Waals surface area contributed by atoms with Crippen molar-refractivity contribution in [3.8, 4) is 0 Å². The second kappa shape index (κ2) is 8.05. The average Bonchev–Trinajstić information content (AvgIpc) is 3.09. The Morgan fingerprint density at radius 2 is 1.89 bits per heavy atom. The lowest BCUT2D eigenvalue weighted by atomic mass is 10.2. The van der Waals surface area contributed by atoms with Gasteiger partial charge in [0.05, 0.1) is 7.11 Å². The number of hydrogen-bond donors (Lipinski definition) is 3. The van der Waals surface area contributed by atoms with Crippen LogP contribution in [-0.2, 0) is 9.53 Å². The number of fused-ring (bicyclic) bond motifs is 1. The maximum atomic E-state index is 12.5. The largest absolute Gasteiger partial charge is 0.468 e. The van der Waals surface area contributed by atoms with Crippen molar-refractivity contribution >= 4 is 50.3 Å². The van der Waals surface area contributed by atoms with Crippen LogP contribution < -0.4 is 10.6 Å². The van der Waals surface area contributed by atoms with Crippen molar-refractivity contribution in [1.29, 1.82) is 0 Å². The van der Waals surface area contributed by atoms with Crippen molar-refractivity contribution < 1.29 is 19.1 Å². The number of aromatic amines is 1. The molecule has 2 aromatic carbocycles. The average molecular weight is 430 g/mol. The van der Waals surface area contributed by atoms with Gasteiger partial charge in [0.15, 0.2) is 0 Å². The first-order valence-electron chi connectivity index (χ1n) is 8.01. The molecule has 1 heterocycles. The van der Waals surface area contributed by atoms with Crippen molar-refractivity contribution in [2.75, 3.05) is 19.0 Å². The van der Waals surface area contributed by atoms with Crippen LogP contribution in [0.1, 0.15) is 20.8 Å². The molecule has 138 valence electrons. The van der Waals surface area contributed by atoms with Crippen molar-refractivity contribution in [3.05, 3.63) is 64.3 Å². The Morgan fingerprint density at radius 3 is 2.67 bits per heavy atom. The zero-order valence-electron chi connectivity index (χ0n) is 14.3. The summed E-state index contributed by atoms with van der Waals surface area (Å²) in [5, 5.41) is 6.12. The van der Waals surface area contributed by atoms with E-state index in [-0.39, 0.29) is 12.5 Å². The number of benzene rings is 2. The quantitative estimate of drug-likeness (QED) is 0.542. The molecule has 0 atom stereocenters. The molecule has 3 aromatic rings. The van der Waals surface area contributed by atoms with Crippen LogP contribution in [-0.4, -0.2) is 36.4 Å². The molecule has 0 bridgehead atoms. The number of anilines is 1. The summed E-state index contributed by atoms with van der Waals surface area (Å²) in [7, 11) is 1.24. The number of aromatic nitrogens is 1. The van der Waals surface area contributed by atoms with E-state index >= 15 is 0 Å². The molecule has 1 aromatic heterocycles. The van der Waals surface area contributed by atoms with E-state index in [0.717, 1.165) is 15.4 Å². The fourth-order valence-corrected chi connectivity index (χ4v) is 2.85. The second-order valence-corrected chi connectivity index (χ2v) is 6.62. The zero-order valence-corrected chi connectivity index (χ0v) is 15.9. The van der Waals surface area contributed by atoms with E-state index in [2.05, 4.69) is 36.3 Å². The smallest absolute Gasteiger partial charge is 0.325 e. The number of hydrogen-bond acceptors (Lipinski definition) is 4. The zero-order chi connectivity index (χ0) is 19.4. The van der Waals surface area contributed by atoms with Crippen LogP contribution in [0.2, 0.25) is 0 Å². The van der Waals surface area contributed by atoms with Crippen LogP contribution in [0.4, 0.5) is 5.69 Å². The fraction of sp³-hybridized carbons (Fsp3) is 0.105. The van der Waals surface area contributed by atoms with Gasteiger partial charge in [-0.05, 0) is 36.4 Å². The first-order chi connectivity index (χ1) is 13.0. The second-order valence-electron chi connectivity index (χ2n) is 5.71. The molecule has 0 saturated heterocycles. The minimum atomic E-state index is -0.543. The molecule has 0 spiro atoms. The van der Waals surface area contributed by atoms with Gasteiger partial charge in [-0.25, -0.2) is 0 Å². The Balaban J connectivity index is 1.72. The Hall–Kier alpha value is -3.13. The minimum absolute atomic E-state index is 0.226. The third kappa shape index (κ3) is 4.53. The maximum absolute atomic E-state index is 12.5. The molecule has 0 unspecified atom stereocenters. The van der Waals surface area contributed by atoms with Crippen molar-refractivity contribution in [2.24, 2.45) is 0 Å². The predicted octanol–water partition coefficient (Wildman–Crippen LogP) is 3.09. The van der Waals surface area contributed by atoms with Crippen LogP contribution in [0.3, 0.4) is 0 Å². The summed E-state index contributed by atoms with van der Waals surface area (Å²) in [5.74, 6) is -1.31. The fourth-order valence-electron chi connectivity index (χ4n) is 2.48. The predicted molar refractivity (Wildman–Crippen MR) is 105 cm³/mol. The molecule has 0 aliphatic rings. The molecule has 0 saturated carbocycles. The monoisotopic (exact) mass is 429 g/mol. The lowest BCUT2D eigenvalue weighted by Gasteiger charge is -2.07. The van der Waals surface area contributed by atoms with Gasteiger partial charge >= 0.3 is 5.97 Å². The SMILES string of the molecule is COC(=O)CNC(=O)c1cccc(NC(=O)c2cc3ccc(Br)cc3[nH]2)c1. The number of halogens is 1. The molecule has 27 heavy (non-hydrogen) atoms. The number of amides is 2. The molecule has 0 aliphatic heterocycles. The van der Waals surface area contributed by atoms with E-state index in [0.29, 0.717) is 16.9 Å². The Labute approximate surface area is 163 Å². The molecule has 3 N–H and O–H groups in total. The van der Waals surface area contributed by atoms with E-state index in [1.54, 1.807) is 24.3 Å². The highest BCUT2D eigenvalue weighted by atomic mass is 79.9. The maximum Gasteiger partial charge on any atom is 0.325 e. The van der Waals surface area contributed by atoms with Gasteiger partial charge in [0.1, 0.15) is 12.2 Å². The molecule has 2 amide bonds. The molecule has 7 nitrogen and oxygen atoms in total. The molecule has 0 fully saturated rings. The number of rotatable bonds is 5. The number of ether oxygens (including phenoxy) is 1. The highest BCUT2D eigenvalue weighted by molar-refractivity contribution is 9.10. The number of carbonyl (C=O) groups excluding carboxylic acids is 3. The van der Waals surface area contributed by atoms with Crippen LogP contribution >= 0.6 is 15.9 Å². The summed E-state index contributed by atoms with van der Waals surface area (Å²) < 4.78 is 5.39. The van der Waals surface area contributed by atoms with E-state index in [1.807, 2.05) is 18.2 Å². The normalized spacial score (nSPS) is 10.4. The lowest BCUT2D eigenvalue weighted by molar-refractivity contribution is -0.139. The summed E-state index contributed by atoms with van der Waals surface area (Å²) >= 11 is 3.39. The molecule has 8 heteroatoms. The minimum Gasteiger partial charge on any atom is -0.468 e. The number of H-pyrrole nitrogens is 1. The van der Waals surface area contributed by atoms with E-state index in [4.69, 9.17) is 0 Å². The Morgan fingerprint density at radius 1 is 1.07 bits per heavy atom. The Kier molecular flexibility index (Phi) is 5.56. The van der Waals surface area contributed by atoms with Gasteiger partial charge in [-0.15, -0.1) is 0 Å². The lowest BCUT2D eigenvalue weighted by Crippen LogP contribution is -2.30. The van der Waals surface area contributed by atoms with Gasteiger partial charge in [-0.2, -0.15) is 0 Å². The molecular formula is C19H16BrN3O4. The van der Waals surface area contributed by atoms with Crippen LogP contribution in [0.25, 0.3) is 10.9 Å². The van der Waals surface area contributed by atoms with Gasteiger partial charge in [-0.1, -0.05) is 28.1 Å². The number of carbonyl (C=O) groups is 3. The van der Waals surface area contributed by atoms with Crippen molar-refractivity contribution in [2.45, 2.75) is 0 Å². The molecule has 3 rings (SSSR count). The van der Waals surface area contributed by atoms with Gasteiger partial charge < -0.3 is 20.4 Å². The van der Waals surface area contributed by atoms with Gasteiger partial charge in [0, 0.05) is 26.6 Å². The van der Waals surface area contributed by atoms with Crippen LogP contribution in [0.5, 0.6) is 0 Å². The molecular weight excluding hydrogens is 414 g/mol. The van der Waals surface area contributed by atoms with E-state index < -0.39 is 11.9 Å². The number of esters is 1. The van der Waals surface area contributed by atoms with Gasteiger partial charge in [0.2, 0.25) is 0 Å². The Bertz CT molecular complexity index is 1030. The van der Waals surface area contributed by atoms with Crippen molar-refractivity contribution in [1.82, 2.24) is 10.3 Å². The highest BCUT2D eigenvalue weighted by Gasteiger charge is 2.12. The summed E-state index contributed by atoms with van der Waals surface area (Å²) in [6, 6.07) is 13.9. The van der Waals surface area contributed by atoms with Crippen LogP contribution in [0, 0.1) is 0 Å². The first kappa shape index (κ1) is 18.7. The number of methoxy groups -OCH3 is 1. The third-order valence-corrected chi connectivity index (χ3v) is 4.33. The summed E-state index contributed by atoms with van der Waals surface area (Å²) in [4.78, 5) is 38.7. The summed E-state index contributed by atoms with van der Waals surface area (Å²) in [6.45, 7) is -0.226. The summed E-state index contributed by atoms with van der Waals surface area (Å²) in [6.07, 6.45) is 0. The summed E-state index contributed by atoms with van der Waals surface area (Å²) in [5.41, 5.74) is 2.02. The van der Waals surface area contributed by atoms with Crippen molar-refractivity contribution in [3.63, 3.8) is 0 Å².